The molecular weight excluding hydrogens is 216 g/mol. The molecular formula is C13H26N2O2. The Morgan fingerprint density at radius 1 is 1.53 bits per heavy atom. The molecule has 1 heterocycles. The average Bonchev–Trinajstić information content (AvgIpc) is 2.57. The van der Waals surface area contributed by atoms with Crippen LogP contribution >= 0.6 is 0 Å². The van der Waals surface area contributed by atoms with Gasteiger partial charge in [0, 0.05) is 20.3 Å². The van der Waals surface area contributed by atoms with Crippen LogP contribution in [-0.4, -0.2) is 43.8 Å². The summed E-state index contributed by atoms with van der Waals surface area (Å²) >= 11 is 0. The molecule has 1 saturated heterocycles. The number of amides is 1. The van der Waals surface area contributed by atoms with Gasteiger partial charge in [0.05, 0.1) is 12.7 Å². The normalized spacial score (nSPS) is 21.6. The fourth-order valence-corrected chi connectivity index (χ4v) is 2.26. The molecule has 17 heavy (non-hydrogen) atoms. The van der Waals surface area contributed by atoms with E-state index >= 15 is 0 Å². The maximum atomic E-state index is 11.9. The number of carbonyl (C=O) groups excluding carboxylic acids is 1. The van der Waals surface area contributed by atoms with Gasteiger partial charge in [-0.25, -0.2) is 0 Å². The van der Waals surface area contributed by atoms with Crippen LogP contribution < -0.4 is 5.32 Å². The van der Waals surface area contributed by atoms with Gasteiger partial charge >= 0.3 is 0 Å². The van der Waals surface area contributed by atoms with Crippen LogP contribution in [0.4, 0.5) is 0 Å². The van der Waals surface area contributed by atoms with Crippen LogP contribution in [-0.2, 0) is 9.53 Å². The molecule has 0 aromatic carbocycles. The van der Waals surface area contributed by atoms with E-state index in [1.807, 2.05) is 4.90 Å². The zero-order valence-corrected chi connectivity index (χ0v) is 11.7. The minimum absolute atomic E-state index is 0.102. The summed E-state index contributed by atoms with van der Waals surface area (Å²) in [5, 5.41) is 3.28. The van der Waals surface area contributed by atoms with Crippen molar-refractivity contribution in [1.82, 2.24) is 10.2 Å². The Bertz CT molecular complexity index is 264. The van der Waals surface area contributed by atoms with Crippen LogP contribution in [0.25, 0.3) is 0 Å². The van der Waals surface area contributed by atoms with Crippen molar-refractivity contribution < 1.29 is 9.53 Å². The number of methoxy groups -OCH3 is 1. The van der Waals surface area contributed by atoms with Crippen LogP contribution in [0.1, 0.15) is 34.1 Å². The van der Waals surface area contributed by atoms with Gasteiger partial charge in [-0.2, -0.15) is 0 Å². The molecule has 0 spiro atoms. The van der Waals surface area contributed by atoms with Crippen LogP contribution in [0.3, 0.4) is 0 Å². The van der Waals surface area contributed by atoms with Gasteiger partial charge in [-0.15, -0.1) is 0 Å². The quantitative estimate of drug-likeness (QED) is 0.767. The van der Waals surface area contributed by atoms with Crippen molar-refractivity contribution >= 4 is 5.91 Å². The maximum absolute atomic E-state index is 11.9. The third-order valence-corrected chi connectivity index (χ3v) is 3.33. The molecule has 100 valence electrons. The third-order valence-electron chi connectivity index (χ3n) is 3.33. The fourth-order valence-electron chi connectivity index (χ4n) is 2.26. The summed E-state index contributed by atoms with van der Waals surface area (Å²) in [4.78, 5) is 13.9. The first kappa shape index (κ1) is 14.5. The fraction of sp³-hybridized carbons (Fsp3) is 0.923. The van der Waals surface area contributed by atoms with Crippen molar-refractivity contribution in [1.29, 1.82) is 0 Å². The molecule has 1 aliphatic heterocycles. The van der Waals surface area contributed by atoms with Crippen molar-refractivity contribution in [2.24, 2.45) is 11.3 Å². The predicted molar refractivity (Wildman–Crippen MR) is 68.6 cm³/mol. The average molecular weight is 242 g/mol. The van der Waals surface area contributed by atoms with Crippen molar-refractivity contribution in [2.75, 3.05) is 26.8 Å². The minimum atomic E-state index is 0.102. The molecule has 0 bridgehead atoms. The van der Waals surface area contributed by atoms with Crippen molar-refractivity contribution in [2.45, 2.75) is 40.3 Å². The minimum Gasteiger partial charge on any atom is -0.385 e. The maximum Gasteiger partial charge on any atom is 0.237 e. The molecule has 0 radical (unpaired) electrons. The largest absolute Gasteiger partial charge is 0.385 e. The summed E-state index contributed by atoms with van der Waals surface area (Å²) in [6, 6.07) is 0. The number of ether oxygens (including phenoxy) is 1. The van der Waals surface area contributed by atoms with E-state index in [2.05, 4.69) is 33.0 Å². The molecule has 0 saturated carbocycles. The van der Waals surface area contributed by atoms with E-state index in [1.165, 1.54) is 0 Å². The molecule has 1 N–H and O–H groups in total. The van der Waals surface area contributed by atoms with Crippen LogP contribution in [0.15, 0.2) is 0 Å². The summed E-state index contributed by atoms with van der Waals surface area (Å²) in [6.45, 7) is 10.7. The van der Waals surface area contributed by atoms with Gasteiger partial charge in [0.1, 0.15) is 0 Å². The molecule has 0 aliphatic carbocycles. The Balaban J connectivity index is 2.61. The second-order valence-corrected chi connectivity index (χ2v) is 6.00. The second-order valence-electron chi connectivity index (χ2n) is 6.00. The standard InChI is InChI=1S/C13H26N2O2/c1-10(2)12-14-8-11(16)15(12)9-13(3,4)6-7-17-5/h10,12,14H,6-9H2,1-5H3. The van der Waals surface area contributed by atoms with E-state index in [0.717, 1.165) is 19.6 Å². The number of hydrogen-bond acceptors (Lipinski definition) is 3. The molecule has 0 aromatic rings. The molecule has 1 fully saturated rings. The second kappa shape index (κ2) is 5.83. The highest BCUT2D eigenvalue weighted by molar-refractivity contribution is 5.80. The highest BCUT2D eigenvalue weighted by atomic mass is 16.5. The monoisotopic (exact) mass is 242 g/mol. The van der Waals surface area contributed by atoms with Gasteiger partial charge in [0.2, 0.25) is 5.91 Å². The van der Waals surface area contributed by atoms with Crippen molar-refractivity contribution in [3.8, 4) is 0 Å². The van der Waals surface area contributed by atoms with E-state index in [0.29, 0.717) is 12.5 Å². The number of hydrogen-bond donors (Lipinski definition) is 1. The zero-order chi connectivity index (χ0) is 13.1. The van der Waals surface area contributed by atoms with Gasteiger partial charge in [-0.1, -0.05) is 27.7 Å². The molecule has 0 aromatic heterocycles. The lowest BCUT2D eigenvalue weighted by molar-refractivity contribution is -0.130. The Morgan fingerprint density at radius 3 is 2.71 bits per heavy atom. The smallest absolute Gasteiger partial charge is 0.237 e. The van der Waals surface area contributed by atoms with E-state index in [1.54, 1.807) is 7.11 Å². The molecule has 1 amide bonds. The first-order valence-corrected chi connectivity index (χ1v) is 6.39. The third kappa shape index (κ3) is 3.96. The molecule has 4 nitrogen and oxygen atoms in total. The Hall–Kier alpha value is -0.610. The molecule has 1 atom stereocenters. The number of nitrogens with zero attached hydrogens (tertiary/aromatic N) is 1. The molecule has 1 rings (SSSR count). The number of nitrogens with one attached hydrogen (secondary N) is 1. The van der Waals surface area contributed by atoms with Gasteiger partial charge in [-0.3, -0.25) is 10.1 Å². The summed E-state index contributed by atoms with van der Waals surface area (Å²) < 4.78 is 5.12. The zero-order valence-electron chi connectivity index (χ0n) is 11.7. The van der Waals surface area contributed by atoms with Crippen LogP contribution in [0.5, 0.6) is 0 Å². The van der Waals surface area contributed by atoms with Crippen LogP contribution in [0.2, 0.25) is 0 Å². The van der Waals surface area contributed by atoms with Gasteiger partial charge in [-0.05, 0) is 17.8 Å². The van der Waals surface area contributed by atoms with Gasteiger partial charge in [0.25, 0.3) is 0 Å². The first-order chi connectivity index (χ1) is 7.87. The Morgan fingerprint density at radius 2 is 2.18 bits per heavy atom. The lowest BCUT2D eigenvalue weighted by atomic mass is 9.88. The van der Waals surface area contributed by atoms with Gasteiger partial charge < -0.3 is 9.64 Å². The van der Waals surface area contributed by atoms with E-state index < -0.39 is 0 Å². The Labute approximate surface area is 105 Å². The number of carbonyl (C=O) groups is 1. The van der Waals surface area contributed by atoms with E-state index in [4.69, 9.17) is 4.74 Å². The first-order valence-electron chi connectivity index (χ1n) is 6.39. The highest BCUT2D eigenvalue weighted by Gasteiger charge is 2.35. The molecule has 1 aliphatic rings. The van der Waals surface area contributed by atoms with E-state index in [9.17, 15) is 4.79 Å². The van der Waals surface area contributed by atoms with Crippen molar-refractivity contribution in [3.63, 3.8) is 0 Å². The summed E-state index contributed by atoms with van der Waals surface area (Å²) in [6.07, 6.45) is 1.15. The summed E-state index contributed by atoms with van der Waals surface area (Å²) in [5.74, 6) is 0.661. The van der Waals surface area contributed by atoms with Gasteiger partial charge in [0.15, 0.2) is 0 Å². The summed E-state index contributed by atoms with van der Waals surface area (Å²) in [7, 11) is 1.72. The highest BCUT2D eigenvalue weighted by Crippen LogP contribution is 2.25. The topological polar surface area (TPSA) is 41.6 Å². The SMILES string of the molecule is COCCC(C)(C)CN1C(=O)CNC1C(C)C. The van der Waals surface area contributed by atoms with Crippen LogP contribution in [0, 0.1) is 11.3 Å². The Kier molecular flexibility index (Phi) is 4.95. The summed E-state index contributed by atoms with van der Waals surface area (Å²) in [5.41, 5.74) is 0.102. The van der Waals surface area contributed by atoms with E-state index in [-0.39, 0.29) is 17.5 Å². The van der Waals surface area contributed by atoms with Crippen molar-refractivity contribution in [3.05, 3.63) is 0 Å². The predicted octanol–water partition coefficient (Wildman–Crippen LogP) is 1.46. The lowest BCUT2D eigenvalue weighted by Crippen LogP contribution is -2.46. The lowest BCUT2D eigenvalue weighted by Gasteiger charge is -2.35. The number of rotatable bonds is 6. The molecule has 4 heteroatoms. The molecule has 1 unspecified atom stereocenters.